The first-order chi connectivity index (χ1) is 4.16. The van der Waals surface area contributed by atoms with Gasteiger partial charge in [-0.1, -0.05) is 36.7 Å². The van der Waals surface area contributed by atoms with Crippen LogP contribution in [0.3, 0.4) is 0 Å². The van der Waals surface area contributed by atoms with Crippen molar-refractivity contribution in [1.29, 1.82) is 0 Å². The van der Waals surface area contributed by atoms with Crippen molar-refractivity contribution in [3.8, 4) is 0 Å². The van der Waals surface area contributed by atoms with Crippen LogP contribution in [0.1, 0.15) is 33.6 Å². The molecule has 0 nitrogen and oxygen atoms in total. The molecule has 0 N–H and O–H groups in total. The summed E-state index contributed by atoms with van der Waals surface area (Å²) in [4.78, 5) is 0. The van der Waals surface area contributed by atoms with Crippen LogP contribution in [0.5, 0.6) is 0 Å². The van der Waals surface area contributed by atoms with Crippen molar-refractivity contribution >= 4 is 15.9 Å². The van der Waals surface area contributed by atoms with E-state index in [4.69, 9.17) is 0 Å². The summed E-state index contributed by atoms with van der Waals surface area (Å²) in [5.41, 5.74) is 0. The zero-order chi connectivity index (χ0) is 7.28. The molecule has 0 saturated carbocycles. The summed E-state index contributed by atoms with van der Waals surface area (Å²) < 4.78 is 0. The monoisotopic (exact) mass is 192 g/mol. The predicted molar refractivity (Wildman–Crippen MR) is 47.0 cm³/mol. The number of alkyl halides is 1. The van der Waals surface area contributed by atoms with Crippen LogP contribution >= 0.6 is 15.9 Å². The summed E-state index contributed by atoms with van der Waals surface area (Å²) in [6, 6.07) is 0. The van der Waals surface area contributed by atoms with Gasteiger partial charge in [-0.05, 0) is 24.7 Å². The van der Waals surface area contributed by atoms with Gasteiger partial charge in [-0.15, -0.1) is 0 Å². The van der Waals surface area contributed by atoms with Gasteiger partial charge in [-0.3, -0.25) is 0 Å². The molecule has 1 heteroatoms. The van der Waals surface area contributed by atoms with E-state index < -0.39 is 0 Å². The first kappa shape index (κ1) is 9.48. The Labute approximate surface area is 67.2 Å². The van der Waals surface area contributed by atoms with E-state index in [0.29, 0.717) is 0 Å². The minimum atomic E-state index is 0.860. The Hall–Kier alpha value is 0.480. The van der Waals surface area contributed by atoms with Crippen LogP contribution in [0.4, 0.5) is 0 Å². The molecule has 9 heavy (non-hydrogen) atoms. The number of halogens is 1. The molecule has 56 valence electrons. The molecule has 0 aliphatic carbocycles. The summed E-state index contributed by atoms with van der Waals surface area (Å²) in [5, 5.41) is 1.15. The van der Waals surface area contributed by atoms with Crippen LogP contribution in [-0.4, -0.2) is 5.33 Å². The maximum Gasteiger partial charge on any atom is 0.00338 e. The summed E-state index contributed by atoms with van der Waals surface area (Å²) in [7, 11) is 0. The minimum Gasteiger partial charge on any atom is -0.0928 e. The third-order valence-electron chi connectivity index (χ3n) is 1.48. The fourth-order valence-corrected chi connectivity index (χ4v) is 1.89. The molecular formula is C8H17Br. The molecule has 0 amide bonds. The maximum absolute atomic E-state index is 3.44. The van der Waals surface area contributed by atoms with Gasteiger partial charge in [0.15, 0.2) is 0 Å². The Morgan fingerprint density at radius 1 is 1.22 bits per heavy atom. The zero-order valence-electron chi connectivity index (χ0n) is 6.65. The smallest absolute Gasteiger partial charge is 0.00338 e. The molecule has 0 bridgehead atoms. The largest absolute Gasteiger partial charge is 0.0928 e. The van der Waals surface area contributed by atoms with Crippen molar-refractivity contribution in [2.75, 3.05) is 5.33 Å². The quantitative estimate of drug-likeness (QED) is 0.600. The second-order valence-corrected chi connectivity index (χ2v) is 4.01. The van der Waals surface area contributed by atoms with E-state index in [2.05, 4.69) is 36.7 Å². The van der Waals surface area contributed by atoms with E-state index in [1.165, 1.54) is 12.8 Å². The molecule has 0 aromatic carbocycles. The molecule has 0 fully saturated rings. The highest BCUT2D eigenvalue weighted by Gasteiger charge is 2.02. The standard InChI is InChI=1S/C8H17Br/c1-7(2)6-8(3)4-5-9/h7-8H,4-6H2,1-3H3/t8-/m1/s1. The maximum atomic E-state index is 3.44. The number of rotatable bonds is 4. The van der Waals surface area contributed by atoms with Gasteiger partial charge < -0.3 is 0 Å². The van der Waals surface area contributed by atoms with Crippen LogP contribution in [0.25, 0.3) is 0 Å². The molecular weight excluding hydrogens is 176 g/mol. The van der Waals surface area contributed by atoms with Gasteiger partial charge in [0, 0.05) is 5.33 Å². The Morgan fingerprint density at radius 3 is 2.11 bits per heavy atom. The van der Waals surface area contributed by atoms with Crippen molar-refractivity contribution < 1.29 is 0 Å². The lowest BCUT2D eigenvalue weighted by molar-refractivity contribution is 0.432. The van der Waals surface area contributed by atoms with Crippen molar-refractivity contribution in [3.63, 3.8) is 0 Å². The average molecular weight is 193 g/mol. The van der Waals surface area contributed by atoms with E-state index in [0.717, 1.165) is 17.2 Å². The molecule has 0 rings (SSSR count). The SMILES string of the molecule is CC(C)C[C@H](C)CCBr. The first-order valence-corrected chi connectivity index (χ1v) is 4.85. The van der Waals surface area contributed by atoms with E-state index in [1.54, 1.807) is 0 Å². The van der Waals surface area contributed by atoms with Crippen molar-refractivity contribution in [1.82, 2.24) is 0 Å². The predicted octanol–water partition coefficient (Wildman–Crippen LogP) is 3.45. The molecule has 0 heterocycles. The van der Waals surface area contributed by atoms with E-state index in [9.17, 15) is 0 Å². The van der Waals surface area contributed by atoms with Crippen LogP contribution in [0, 0.1) is 11.8 Å². The summed E-state index contributed by atoms with van der Waals surface area (Å²) in [6.07, 6.45) is 2.68. The van der Waals surface area contributed by atoms with E-state index in [-0.39, 0.29) is 0 Å². The van der Waals surface area contributed by atoms with Crippen molar-refractivity contribution in [2.24, 2.45) is 11.8 Å². The van der Waals surface area contributed by atoms with Crippen molar-refractivity contribution in [2.45, 2.75) is 33.6 Å². The van der Waals surface area contributed by atoms with Crippen molar-refractivity contribution in [3.05, 3.63) is 0 Å². The molecule has 0 spiro atoms. The van der Waals surface area contributed by atoms with Gasteiger partial charge in [0.05, 0.1) is 0 Å². The normalized spacial score (nSPS) is 14.3. The van der Waals surface area contributed by atoms with Gasteiger partial charge >= 0.3 is 0 Å². The first-order valence-electron chi connectivity index (χ1n) is 3.72. The lowest BCUT2D eigenvalue weighted by Gasteiger charge is -2.11. The highest BCUT2D eigenvalue weighted by Crippen LogP contribution is 2.14. The lowest BCUT2D eigenvalue weighted by Crippen LogP contribution is -1.99. The summed E-state index contributed by atoms with van der Waals surface area (Å²) in [6.45, 7) is 6.89. The average Bonchev–Trinajstić information content (AvgIpc) is 1.63. The van der Waals surface area contributed by atoms with Crippen LogP contribution < -0.4 is 0 Å². The number of hydrogen-bond acceptors (Lipinski definition) is 0. The number of hydrogen-bond donors (Lipinski definition) is 0. The minimum absolute atomic E-state index is 0.860. The van der Waals surface area contributed by atoms with Gasteiger partial charge in [0.2, 0.25) is 0 Å². The molecule has 0 aromatic heterocycles. The van der Waals surface area contributed by atoms with Crippen LogP contribution in [0.15, 0.2) is 0 Å². The molecule has 1 atom stereocenters. The lowest BCUT2D eigenvalue weighted by atomic mass is 9.97. The van der Waals surface area contributed by atoms with Gasteiger partial charge in [0.25, 0.3) is 0 Å². The summed E-state index contributed by atoms with van der Waals surface area (Å²) in [5.74, 6) is 1.75. The Morgan fingerprint density at radius 2 is 1.78 bits per heavy atom. The molecule has 0 aliphatic rings. The highest BCUT2D eigenvalue weighted by molar-refractivity contribution is 9.09. The second kappa shape index (κ2) is 5.28. The van der Waals surface area contributed by atoms with Gasteiger partial charge in [0.1, 0.15) is 0 Å². The molecule has 0 aliphatic heterocycles. The Kier molecular flexibility index (Phi) is 5.56. The van der Waals surface area contributed by atoms with Gasteiger partial charge in [-0.25, -0.2) is 0 Å². The van der Waals surface area contributed by atoms with Crippen LogP contribution in [0.2, 0.25) is 0 Å². The second-order valence-electron chi connectivity index (χ2n) is 3.21. The van der Waals surface area contributed by atoms with Crippen LogP contribution in [-0.2, 0) is 0 Å². The third kappa shape index (κ3) is 6.36. The summed E-state index contributed by atoms with van der Waals surface area (Å²) >= 11 is 3.44. The molecule has 0 radical (unpaired) electrons. The highest BCUT2D eigenvalue weighted by atomic mass is 79.9. The van der Waals surface area contributed by atoms with E-state index in [1.807, 2.05) is 0 Å². The molecule has 0 aromatic rings. The zero-order valence-corrected chi connectivity index (χ0v) is 8.24. The fourth-order valence-electron chi connectivity index (χ4n) is 1.11. The topological polar surface area (TPSA) is 0 Å². The van der Waals surface area contributed by atoms with Gasteiger partial charge in [-0.2, -0.15) is 0 Å². The fraction of sp³-hybridized carbons (Fsp3) is 1.00. The Balaban J connectivity index is 3.15. The molecule has 0 unspecified atom stereocenters. The Bertz CT molecular complexity index is 59.6. The molecule has 0 saturated heterocycles. The third-order valence-corrected chi connectivity index (χ3v) is 1.93. The van der Waals surface area contributed by atoms with E-state index >= 15 is 0 Å².